The van der Waals surface area contributed by atoms with Crippen LogP contribution in [0.5, 0.6) is 0 Å². The molecule has 0 N–H and O–H groups in total. The number of hydrogen-bond acceptors (Lipinski definition) is 3. The first kappa shape index (κ1) is 44.3. The molecule has 5 aromatic carbocycles. The minimum Gasteiger partial charge on any atom is -0.468 e. The predicted octanol–water partition coefficient (Wildman–Crippen LogP) is 16.0. The molecule has 2 bridgehead atoms. The average Bonchev–Trinajstić information content (AvgIpc) is 3.66. The van der Waals surface area contributed by atoms with Crippen LogP contribution in [0.2, 0.25) is 0 Å². The van der Waals surface area contributed by atoms with Crippen LogP contribution in [-0.2, 0) is 43.3 Å². The Morgan fingerprint density at radius 2 is 0.826 bits per heavy atom. The van der Waals surface area contributed by atoms with E-state index in [1.54, 1.807) is 5.56 Å². The second kappa shape index (κ2) is 13.4. The number of fused-ring (bicyclic) bond motifs is 11. The zero-order chi connectivity index (χ0) is 48.5. The maximum atomic E-state index is 7.76. The number of hydrogen-bond donors (Lipinski definition) is 0. The van der Waals surface area contributed by atoms with Crippen LogP contribution in [0.25, 0.3) is 11.0 Å². The molecule has 0 spiro atoms. The maximum absolute atomic E-state index is 7.76. The van der Waals surface area contributed by atoms with E-state index >= 15 is 0 Å². The molecule has 1 aromatic heterocycles. The van der Waals surface area contributed by atoms with E-state index in [2.05, 4.69) is 186 Å². The first-order valence-electron chi connectivity index (χ1n) is 27.1. The van der Waals surface area contributed by atoms with Gasteiger partial charge in [0.15, 0.2) is 0 Å². The molecule has 0 atom stereocenters. The third kappa shape index (κ3) is 5.93. The molecule has 69 heavy (non-hydrogen) atoms. The summed E-state index contributed by atoms with van der Waals surface area (Å²) in [6.45, 7) is 37.1. The van der Waals surface area contributed by atoms with Gasteiger partial charge >= 0.3 is 0 Å². The van der Waals surface area contributed by atoms with Crippen molar-refractivity contribution in [1.29, 1.82) is 0 Å². The van der Waals surface area contributed by atoms with E-state index in [0.717, 1.165) is 11.2 Å². The summed E-state index contributed by atoms with van der Waals surface area (Å²) >= 11 is 0. The van der Waals surface area contributed by atoms with Gasteiger partial charge in [-0.3, -0.25) is 0 Å². The molecule has 2 aliphatic heterocycles. The molecular weight excluding hydrogens is 836 g/mol. The summed E-state index contributed by atoms with van der Waals surface area (Å²) in [4.78, 5) is 5.39. The Labute approximate surface area is 414 Å². The van der Waals surface area contributed by atoms with Gasteiger partial charge in [-0.25, -0.2) is 0 Å². The first-order chi connectivity index (χ1) is 32.2. The lowest BCUT2D eigenvalue weighted by Gasteiger charge is -2.52. The van der Waals surface area contributed by atoms with E-state index in [1.165, 1.54) is 159 Å². The summed E-state index contributed by atoms with van der Waals surface area (Å²) in [6.07, 6.45) is 12.2. The third-order valence-corrected chi connectivity index (χ3v) is 20.9. The Morgan fingerprint density at radius 3 is 1.33 bits per heavy atom. The average molecular weight is 913 g/mol. The monoisotopic (exact) mass is 913 g/mol. The first-order valence-corrected chi connectivity index (χ1v) is 27.1. The van der Waals surface area contributed by atoms with Gasteiger partial charge in [-0.05, 0) is 230 Å². The highest BCUT2D eigenvalue weighted by atomic mass is 16.3. The van der Waals surface area contributed by atoms with Gasteiger partial charge in [0.2, 0.25) is 0 Å². The van der Waals surface area contributed by atoms with Crippen LogP contribution >= 0.6 is 0 Å². The van der Waals surface area contributed by atoms with Crippen molar-refractivity contribution in [1.82, 2.24) is 0 Å². The number of nitrogens with zero attached hydrogens (tertiary/aromatic N) is 2. The van der Waals surface area contributed by atoms with E-state index in [9.17, 15) is 0 Å². The standard InChI is InChI=1S/C65H77BN2O/c1-38-30-52-55-53(31-38)68(40-17-19-43-45(33-40)61(8,9)23-21-59(43,4)5)56-41-34-48-49(65(15)28-26-64(48,14)27-29-65)37-54(41)69-57(56)66(55)50-35-46-47(63(12,13)25-24-62(46,10)11)36-51(50)67(52)39-16-18-42-44(32-39)60(6,7)22-20-58(42,2)3/h16-19,30-37H,20-29H2,1-15H3. The van der Waals surface area contributed by atoms with E-state index in [-0.39, 0.29) is 50.0 Å². The topological polar surface area (TPSA) is 19.6 Å². The fourth-order valence-electron chi connectivity index (χ4n) is 15.6. The van der Waals surface area contributed by atoms with Gasteiger partial charge < -0.3 is 14.2 Å². The summed E-state index contributed by atoms with van der Waals surface area (Å²) < 4.78 is 7.76. The van der Waals surface area contributed by atoms with Crippen LogP contribution in [0.3, 0.4) is 0 Å². The zero-order valence-corrected chi connectivity index (χ0v) is 44.9. The van der Waals surface area contributed by atoms with E-state index in [0.29, 0.717) is 0 Å². The van der Waals surface area contributed by atoms with Crippen LogP contribution in [0.4, 0.5) is 34.1 Å². The number of aryl methyl sites for hydroxylation is 1. The van der Waals surface area contributed by atoms with Crippen LogP contribution in [-0.4, -0.2) is 6.71 Å². The molecule has 0 radical (unpaired) electrons. The molecular formula is C65H77BN2O. The number of furan rings is 1. The quantitative estimate of drug-likeness (QED) is 0.161. The van der Waals surface area contributed by atoms with Crippen LogP contribution in [0, 0.1) is 6.92 Å². The van der Waals surface area contributed by atoms with Gasteiger partial charge in [-0.1, -0.05) is 115 Å². The second-order valence-electron chi connectivity index (χ2n) is 28.4. The zero-order valence-electron chi connectivity index (χ0n) is 44.9. The summed E-state index contributed by atoms with van der Waals surface area (Å²) in [5.41, 5.74) is 26.8. The molecule has 3 nitrogen and oxygen atoms in total. The summed E-state index contributed by atoms with van der Waals surface area (Å²) in [5.74, 6) is 0. The van der Waals surface area contributed by atoms with Gasteiger partial charge in [-0.15, -0.1) is 0 Å². The Morgan fingerprint density at radius 1 is 0.406 bits per heavy atom. The highest BCUT2D eigenvalue weighted by Gasteiger charge is 2.52. The van der Waals surface area contributed by atoms with Crippen molar-refractivity contribution in [3.05, 3.63) is 123 Å². The van der Waals surface area contributed by atoms with Crippen molar-refractivity contribution in [2.24, 2.45) is 0 Å². The minimum absolute atomic E-state index is 0.0485. The highest BCUT2D eigenvalue weighted by molar-refractivity contribution is 7.00. The molecule has 4 heteroatoms. The minimum atomic E-state index is -0.0763. The molecule has 1 saturated carbocycles. The molecule has 6 aromatic rings. The summed E-state index contributed by atoms with van der Waals surface area (Å²) in [5, 5.41) is 1.27. The van der Waals surface area contributed by atoms with Crippen molar-refractivity contribution in [3.63, 3.8) is 0 Å². The summed E-state index contributed by atoms with van der Waals surface area (Å²) in [6, 6.07) is 30.7. The molecule has 0 amide bonds. The number of benzene rings is 5. The highest BCUT2D eigenvalue weighted by Crippen LogP contribution is 2.59. The lowest BCUT2D eigenvalue weighted by atomic mass is 9.35. The third-order valence-electron chi connectivity index (χ3n) is 20.9. The molecule has 1 fully saturated rings. The van der Waals surface area contributed by atoms with Gasteiger partial charge in [0, 0.05) is 33.8 Å². The van der Waals surface area contributed by atoms with Crippen LogP contribution < -0.4 is 26.4 Å². The van der Waals surface area contributed by atoms with Gasteiger partial charge in [-0.2, -0.15) is 0 Å². The van der Waals surface area contributed by atoms with Crippen molar-refractivity contribution in [2.45, 2.75) is 211 Å². The maximum Gasteiger partial charge on any atom is 0.297 e. The normalized spacial score (nSPS) is 26.3. The number of rotatable bonds is 2. The Hall–Kier alpha value is -4.70. The molecule has 0 saturated heterocycles. The molecule has 0 unspecified atom stereocenters. The summed E-state index contributed by atoms with van der Waals surface area (Å²) in [7, 11) is 0. The fourth-order valence-corrected chi connectivity index (χ4v) is 15.6. The smallest absolute Gasteiger partial charge is 0.297 e. The molecule has 356 valence electrons. The number of anilines is 6. The Bertz CT molecular complexity index is 3250. The predicted molar refractivity (Wildman–Crippen MR) is 294 cm³/mol. The van der Waals surface area contributed by atoms with Crippen molar-refractivity contribution >= 4 is 68.4 Å². The van der Waals surface area contributed by atoms with E-state index in [4.69, 9.17) is 4.42 Å². The van der Waals surface area contributed by atoms with Gasteiger partial charge in [0.1, 0.15) is 5.58 Å². The molecule has 6 aliphatic carbocycles. The molecule has 8 aliphatic rings. The van der Waals surface area contributed by atoms with E-state index in [1.807, 2.05) is 0 Å². The van der Waals surface area contributed by atoms with Gasteiger partial charge in [0.25, 0.3) is 6.71 Å². The molecule has 14 rings (SSSR count). The largest absolute Gasteiger partial charge is 0.468 e. The Kier molecular flexibility index (Phi) is 8.61. The lowest BCUT2D eigenvalue weighted by molar-refractivity contribution is 0.188. The van der Waals surface area contributed by atoms with E-state index < -0.39 is 0 Å². The van der Waals surface area contributed by atoms with Crippen molar-refractivity contribution < 1.29 is 4.42 Å². The fraction of sp³-hybridized carbons (Fsp3) is 0.508. The van der Waals surface area contributed by atoms with Crippen molar-refractivity contribution in [2.75, 3.05) is 9.80 Å². The van der Waals surface area contributed by atoms with Crippen molar-refractivity contribution in [3.8, 4) is 0 Å². The van der Waals surface area contributed by atoms with Gasteiger partial charge in [0.05, 0.1) is 11.3 Å². The second-order valence-corrected chi connectivity index (χ2v) is 28.4. The SMILES string of the molecule is Cc1cc2c3c(c1)N(c1ccc4c(c1)C(C)(C)CCC4(C)C)c1c(oc4cc5c(cc14)C1(C)CCC5(C)CC1)B3c1cc3c(cc1N2c1ccc2c(c1)C(C)(C)CCC2(C)C)C(C)(C)CCC3(C)C. The lowest BCUT2D eigenvalue weighted by Crippen LogP contribution is -2.61. The molecule has 3 heterocycles. The Balaban J connectivity index is 1.15. The van der Waals surface area contributed by atoms with Crippen LogP contribution in [0.1, 0.15) is 211 Å². The van der Waals surface area contributed by atoms with Crippen LogP contribution in [0.15, 0.2) is 77.2 Å².